The van der Waals surface area contributed by atoms with E-state index in [1.807, 2.05) is 0 Å². The molecule has 13 rings (SSSR count). The SMILES string of the molecule is c1ccc2cc(-c3ccc4c(-n5c6ccccc6c6ccccc65)c5cc(-c6ccc7ccccc7c6)ccc5c(-n5c6ccccc6c6ccccc65)c4c3)ccc2c1. The van der Waals surface area contributed by atoms with Crippen molar-refractivity contribution in [3.8, 4) is 33.6 Å². The number of hydrogen-bond acceptors (Lipinski definition) is 0. The van der Waals surface area contributed by atoms with Gasteiger partial charge in [-0.25, -0.2) is 0 Å². The molecule has 11 aromatic carbocycles. The first-order chi connectivity index (χ1) is 29.8. The molecular weight excluding hydrogens is 725 g/mol. The molecule has 0 saturated carbocycles. The lowest BCUT2D eigenvalue weighted by Crippen LogP contribution is -2.03. The van der Waals surface area contributed by atoms with Crippen LogP contribution in [0.5, 0.6) is 0 Å². The van der Waals surface area contributed by atoms with E-state index >= 15 is 0 Å². The van der Waals surface area contributed by atoms with Gasteiger partial charge in [0.1, 0.15) is 0 Å². The second-order valence-electron chi connectivity index (χ2n) is 16.1. The number of para-hydroxylation sites is 4. The first-order valence-electron chi connectivity index (χ1n) is 20.8. The quantitative estimate of drug-likeness (QED) is 0.158. The van der Waals surface area contributed by atoms with Crippen molar-refractivity contribution in [2.24, 2.45) is 0 Å². The Balaban J connectivity index is 1.23. The lowest BCUT2D eigenvalue weighted by atomic mass is 9.91. The molecule has 0 aliphatic heterocycles. The summed E-state index contributed by atoms with van der Waals surface area (Å²) in [5, 5.41) is 14.8. The molecule has 0 unspecified atom stereocenters. The van der Waals surface area contributed by atoms with E-state index in [4.69, 9.17) is 0 Å². The molecule has 0 aliphatic rings. The van der Waals surface area contributed by atoms with Crippen LogP contribution < -0.4 is 0 Å². The minimum absolute atomic E-state index is 1.19. The van der Waals surface area contributed by atoms with Gasteiger partial charge in [-0.05, 0) is 92.3 Å². The van der Waals surface area contributed by atoms with E-state index in [2.05, 4.69) is 228 Å². The molecule has 0 N–H and O–H groups in total. The van der Waals surface area contributed by atoms with Crippen molar-refractivity contribution in [1.82, 2.24) is 9.13 Å². The smallest absolute Gasteiger partial charge is 0.0620 e. The van der Waals surface area contributed by atoms with Crippen molar-refractivity contribution >= 4 is 86.7 Å². The van der Waals surface area contributed by atoms with E-state index in [0.717, 1.165) is 0 Å². The summed E-state index contributed by atoms with van der Waals surface area (Å²) in [6.45, 7) is 0. The zero-order valence-electron chi connectivity index (χ0n) is 32.7. The van der Waals surface area contributed by atoms with Crippen LogP contribution in [0.1, 0.15) is 0 Å². The summed E-state index contributed by atoms with van der Waals surface area (Å²) in [6.07, 6.45) is 0. The van der Waals surface area contributed by atoms with Gasteiger partial charge >= 0.3 is 0 Å². The molecule has 0 spiro atoms. The first kappa shape index (κ1) is 33.1. The Kier molecular flexibility index (Phi) is 7.05. The van der Waals surface area contributed by atoms with Gasteiger partial charge in [0.05, 0.1) is 33.4 Å². The molecule has 60 heavy (non-hydrogen) atoms. The third kappa shape index (κ3) is 4.82. The van der Waals surface area contributed by atoms with Crippen molar-refractivity contribution in [3.63, 3.8) is 0 Å². The van der Waals surface area contributed by atoms with Crippen molar-refractivity contribution in [2.75, 3.05) is 0 Å². The highest BCUT2D eigenvalue weighted by Crippen LogP contribution is 2.46. The van der Waals surface area contributed by atoms with Crippen molar-refractivity contribution in [2.45, 2.75) is 0 Å². The van der Waals surface area contributed by atoms with Crippen LogP contribution in [0.25, 0.3) is 120 Å². The van der Waals surface area contributed by atoms with Crippen LogP contribution in [0.15, 0.2) is 218 Å². The molecule has 2 heterocycles. The predicted octanol–water partition coefficient (Wildman–Crippen LogP) is 15.8. The van der Waals surface area contributed by atoms with Crippen LogP contribution in [-0.4, -0.2) is 9.13 Å². The van der Waals surface area contributed by atoms with Gasteiger partial charge in [-0.2, -0.15) is 0 Å². The van der Waals surface area contributed by atoms with Gasteiger partial charge in [0.2, 0.25) is 0 Å². The fraction of sp³-hybridized carbons (Fsp3) is 0. The van der Waals surface area contributed by atoms with Crippen molar-refractivity contribution < 1.29 is 0 Å². The summed E-state index contributed by atoms with van der Waals surface area (Å²) in [4.78, 5) is 0. The lowest BCUT2D eigenvalue weighted by molar-refractivity contribution is 1.19. The average molecular weight is 761 g/mol. The molecule has 0 amide bonds. The van der Waals surface area contributed by atoms with Crippen LogP contribution >= 0.6 is 0 Å². The molecule has 2 nitrogen and oxygen atoms in total. The lowest BCUT2D eigenvalue weighted by Gasteiger charge is -2.22. The predicted molar refractivity (Wildman–Crippen MR) is 256 cm³/mol. The second-order valence-corrected chi connectivity index (χ2v) is 16.1. The minimum atomic E-state index is 1.19. The normalized spacial score (nSPS) is 12.0. The number of fused-ring (bicyclic) bond motifs is 10. The molecule has 0 fully saturated rings. The summed E-state index contributed by atoms with van der Waals surface area (Å²) in [6, 6.07) is 80.9. The Morgan fingerprint density at radius 3 is 0.883 bits per heavy atom. The number of nitrogens with zero attached hydrogens (tertiary/aromatic N) is 2. The number of aromatic nitrogens is 2. The summed E-state index contributed by atoms with van der Waals surface area (Å²) in [5.74, 6) is 0. The zero-order chi connectivity index (χ0) is 39.3. The first-order valence-corrected chi connectivity index (χ1v) is 20.8. The van der Waals surface area contributed by atoms with Crippen LogP contribution in [0, 0.1) is 0 Å². The van der Waals surface area contributed by atoms with Crippen LogP contribution in [0.3, 0.4) is 0 Å². The third-order valence-electron chi connectivity index (χ3n) is 12.8. The van der Waals surface area contributed by atoms with Crippen LogP contribution in [-0.2, 0) is 0 Å². The van der Waals surface area contributed by atoms with Gasteiger partial charge in [0, 0.05) is 43.1 Å². The Morgan fingerprint density at radius 1 is 0.200 bits per heavy atom. The molecule has 2 aromatic heterocycles. The Hall–Kier alpha value is -7.94. The molecule has 0 bridgehead atoms. The van der Waals surface area contributed by atoms with Gasteiger partial charge < -0.3 is 9.13 Å². The van der Waals surface area contributed by atoms with E-state index in [1.165, 1.54) is 120 Å². The monoisotopic (exact) mass is 760 g/mol. The van der Waals surface area contributed by atoms with Crippen molar-refractivity contribution in [1.29, 1.82) is 0 Å². The minimum Gasteiger partial charge on any atom is -0.308 e. The van der Waals surface area contributed by atoms with E-state index in [-0.39, 0.29) is 0 Å². The number of benzene rings is 11. The third-order valence-corrected chi connectivity index (χ3v) is 12.8. The number of rotatable bonds is 4. The highest BCUT2D eigenvalue weighted by Gasteiger charge is 2.24. The van der Waals surface area contributed by atoms with E-state index in [9.17, 15) is 0 Å². The average Bonchev–Trinajstić information content (AvgIpc) is 3.83. The molecular formula is C58H36N2. The van der Waals surface area contributed by atoms with Crippen molar-refractivity contribution in [3.05, 3.63) is 218 Å². The largest absolute Gasteiger partial charge is 0.308 e. The molecule has 0 radical (unpaired) electrons. The van der Waals surface area contributed by atoms with Gasteiger partial charge in [-0.1, -0.05) is 170 Å². The topological polar surface area (TPSA) is 9.86 Å². The summed E-state index contributed by atoms with van der Waals surface area (Å²) < 4.78 is 5.07. The maximum atomic E-state index is 2.53. The van der Waals surface area contributed by atoms with Gasteiger partial charge in [-0.3, -0.25) is 0 Å². The summed E-state index contributed by atoms with van der Waals surface area (Å²) in [7, 11) is 0. The van der Waals surface area contributed by atoms with E-state index in [0.29, 0.717) is 0 Å². The van der Waals surface area contributed by atoms with Gasteiger partial charge in [0.25, 0.3) is 0 Å². The highest BCUT2D eigenvalue weighted by atomic mass is 15.0. The zero-order valence-corrected chi connectivity index (χ0v) is 32.7. The van der Waals surface area contributed by atoms with Gasteiger partial charge in [0.15, 0.2) is 0 Å². The molecule has 278 valence electrons. The van der Waals surface area contributed by atoms with Crippen LogP contribution in [0.2, 0.25) is 0 Å². The number of hydrogen-bond donors (Lipinski definition) is 0. The second kappa shape index (κ2) is 12.8. The highest BCUT2D eigenvalue weighted by molar-refractivity contribution is 6.21. The summed E-state index contributed by atoms with van der Waals surface area (Å²) in [5.41, 5.74) is 11.9. The molecule has 13 aromatic rings. The maximum Gasteiger partial charge on any atom is 0.0620 e. The van der Waals surface area contributed by atoms with Gasteiger partial charge in [-0.15, -0.1) is 0 Å². The van der Waals surface area contributed by atoms with Crippen LogP contribution in [0.4, 0.5) is 0 Å². The molecule has 2 heteroatoms. The Morgan fingerprint density at radius 2 is 0.500 bits per heavy atom. The molecule has 0 aliphatic carbocycles. The van der Waals surface area contributed by atoms with E-state index in [1.54, 1.807) is 0 Å². The van der Waals surface area contributed by atoms with E-state index < -0.39 is 0 Å². The Labute approximate surface area is 346 Å². The molecule has 0 atom stereocenters. The Bertz CT molecular complexity index is 3530. The fourth-order valence-electron chi connectivity index (χ4n) is 10.1. The maximum absolute atomic E-state index is 2.53. The summed E-state index contributed by atoms with van der Waals surface area (Å²) >= 11 is 0. The fourth-order valence-corrected chi connectivity index (χ4v) is 10.1. The molecule has 0 saturated heterocycles. The standard InChI is InChI=1S/C58H36N2/c1-3-15-39-33-41(27-25-37(39)13-1)43-29-31-49-51(35-43)57(59-53-21-9-5-17-45(53)46-18-6-10-22-54(46)59)50-32-30-44(42-28-26-38-14-2-4-16-40(38)34-42)36-52(50)58(49)60-55-23-11-7-19-47(55)48-20-8-12-24-56(48)60/h1-36H.